The molecule has 0 saturated heterocycles. The highest BCUT2D eigenvalue weighted by molar-refractivity contribution is 6.11. The van der Waals surface area contributed by atoms with Crippen molar-refractivity contribution in [2.24, 2.45) is 0 Å². The Hall–Kier alpha value is -2.54. The van der Waals surface area contributed by atoms with E-state index in [2.05, 4.69) is 10.3 Å². The van der Waals surface area contributed by atoms with E-state index >= 15 is 0 Å². The molecule has 0 bridgehead atoms. The molecule has 0 unspecified atom stereocenters. The van der Waals surface area contributed by atoms with Crippen molar-refractivity contribution >= 4 is 28.5 Å². The van der Waals surface area contributed by atoms with E-state index in [0.717, 1.165) is 18.5 Å². The first-order chi connectivity index (χ1) is 11.5. The number of H-pyrrole nitrogens is 1. The van der Waals surface area contributed by atoms with Crippen LogP contribution in [0.1, 0.15) is 24.3 Å². The van der Waals surface area contributed by atoms with Crippen LogP contribution in [0.2, 0.25) is 0 Å². The fraction of sp³-hybridized carbons (Fsp3) is 0.412. The number of esters is 1. The van der Waals surface area contributed by atoms with Gasteiger partial charge in [0.05, 0.1) is 32.0 Å². The van der Waals surface area contributed by atoms with Gasteiger partial charge in [-0.3, -0.25) is 9.69 Å². The van der Waals surface area contributed by atoms with Crippen LogP contribution >= 0.6 is 0 Å². The summed E-state index contributed by atoms with van der Waals surface area (Å²) < 4.78 is 10.00. The molecule has 7 nitrogen and oxygen atoms in total. The quantitative estimate of drug-likeness (QED) is 0.759. The normalized spacial score (nSPS) is 10.9. The second-order valence-electron chi connectivity index (χ2n) is 5.29. The second-order valence-corrected chi connectivity index (χ2v) is 5.29. The Kier molecular flexibility index (Phi) is 5.81. The number of ether oxygens (including phenoxy) is 2. The number of methoxy groups -OCH3 is 2. The highest BCUT2D eigenvalue weighted by atomic mass is 16.5. The molecule has 0 atom stereocenters. The van der Waals surface area contributed by atoms with Gasteiger partial charge in [-0.1, -0.05) is 13.8 Å². The SMILES string of the molecule is CCN(CC)CC(=O)Nc1c(C(=O)OC)[nH]c2cc(OC)ccc12. The first kappa shape index (κ1) is 17.8. The number of fused-ring (bicyclic) bond motifs is 1. The average molecular weight is 333 g/mol. The lowest BCUT2D eigenvalue weighted by Crippen LogP contribution is -2.33. The molecular weight excluding hydrogens is 310 g/mol. The zero-order valence-electron chi connectivity index (χ0n) is 14.4. The highest BCUT2D eigenvalue weighted by Gasteiger charge is 2.21. The standard InChI is InChI=1S/C17H23N3O4/c1-5-20(6-2)10-14(21)19-15-12-8-7-11(23-3)9-13(12)18-16(15)17(22)24-4/h7-9,18H,5-6,10H2,1-4H3,(H,19,21). The van der Waals surface area contributed by atoms with Gasteiger partial charge in [0.15, 0.2) is 0 Å². The lowest BCUT2D eigenvalue weighted by atomic mass is 10.2. The van der Waals surface area contributed by atoms with Crippen LogP contribution in [-0.4, -0.2) is 55.6 Å². The van der Waals surface area contributed by atoms with E-state index < -0.39 is 5.97 Å². The van der Waals surface area contributed by atoms with Gasteiger partial charge in [0.25, 0.3) is 0 Å². The summed E-state index contributed by atoms with van der Waals surface area (Å²) in [5.41, 5.74) is 1.33. The molecule has 2 aromatic rings. The van der Waals surface area contributed by atoms with Crippen molar-refractivity contribution in [3.05, 3.63) is 23.9 Å². The summed E-state index contributed by atoms with van der Waals surface area (Å²) in [6.07, 6.45) is 0. The fourth-order valence-corrected chi connectivity index (χ4v) is 2.52. The molecule has 0 aliphatic carbocycles. The molecular formula is C17H23N3O4. The summed E-state index contributed by atoms with van der Waals surface area (Å²) in [4.78, 5) is 29.3. The van der Waals surface area contributed by atoms with Crippen LogP contribution in [0, 0.1) is 0 Å². The molecule has 24 heavy (non-hydrogen) atoms. The molecule has 1 amide bonds. The Labute approximate surface area is 140 Å². The molecule has 0 fully saturated rings. The molecule has 2 rings (SSSR count). The third-order valence-electron chi connectivity index (χ3n) is 3.92. The predicted molar refractivity (Wildman–Crippen MR) is 92.6 cm³/mol. The molecule has 0 aliphatic rings. The zero-order valence-corrected chi connectivity index (χ0v) is 14.4. The van der Waals surface area contributed by atoms with Gasteiger partial charge in [0.1, 0.15) is 11.4 Å². The van der Waals surface area contributed by atoms with Crippen LogP contribution in [0.15, 0.2) is 18.2 Å². The van der Waals surface area contributed by atoms with E-state index in [1.807, 2.05) is 18.7 Å². The number of hydrogen-bond donors (Lipinski definition) is 2. The number of aromatic amines is 1. The topological polar surface area (TPSA) is 83.7 Å². The Bertz CT molecular complexity index is 735. The zero-order chi connectivity index (χ0) is 17.7. The molecule has 0 spiro atoms. The average Bonchev–Trinajstić information content (AvgIpc) is 2.96. The number of hydrogen-bond acceptors (Lipinski definition) is 5. The lowest BCUT2D eigenvalue weighted by molar-refractivity contribution is -0.117. The molecule has 0 aliphatic heterocycles. The van der Waals surface area contributed by atoms with Crippen LogP contribution in [0.25, 0.3) is 10.9 Å². The largest absolute Gasteiger partial charge is 0.497 e. The van der Waals surface area contributed by atoms with Crippen molar-refractivity contribution in [2.75, 3.05) is 39.2 Å². The molecule has 1 aromatic carbocycles. The molecule has 0 saturated carbocycles. The van der Waals surface area contributed by atoms with Crippen LogP contribution in [0.3, 0.4) is 0 Å². The van der Waals surface area contributed by atoms with Crippen molar-refractivity contribution < 1.29 is 19.1 Å². The van der Waals surface area contributed by atoms with Crippen LogP contribution in [0.4, 0.5) is 5.69 Å². The van der Waals surface area contributed by atoms with Gasteiger partial charge >= 0.3 is 5.97 Å². The smallest absolute Gasteiger partial charge is 0.356 e. The number of nitrogens with one attached hydrogen (secondary N) is 2. The Balaban J connectivity index is 2.39. The molecule has 0 radical (unpaired) electrons. The number of carbonyl (C=O) groups excluding carboxylic acids is 2. The molecule has 7 heteroatoms. The van der Waals surface area contributed by atoms with E-state index in [-0.39, 0.29) is 18.1 Å². The second kappa shape index (κ2) is 7.83. The van der Waals surface area contributed by atoms with E-state index in [1.54, 1.807) is 25.3 Å². The van der Waals surface area contributed by atoms with Gasteiger partial charge in [0.2, 0.25) is 5.91 Å². The van der Waals surface area contributed by atoms with Crippen molar-refractivity contribution in [1.82, 2.24) is 9.88 Å². The third kappa shape index (κ3) is 3.68. The van der Waals surface area contributed by atoms with Gasteiger partial charge in [-0.05, 0) is 25.2 Å². The number of carbonyl (C=O) groups is 2. The summed E-state index contributed by atoms with van der Waals surface area (Å²) >= 11 is 0. The number of nitrogens with zero attached hydrogens (tertiary/aromatic N) is 1. The Morgan fingerprint density at radius 1 is 1.21 bits per heavy atom. The highest BCUT2D eigenvalue weighted by Crippen LogP contribution is 2.31. The maximum absolute atomic E-state index is 12.3. The number of benzene rings is 1. The Morgan fingerprint density at radius 2 is 1.92 bits per heavy atom. The maximum Gasteiger partial charge on any atom is 0.356 e. The van der Waals surface area contributed by atoms with E-state index in [4.69, 9.17) is 9.47 Å². The monoisotopic (exact) mass is 333 g/mol. The van der Waals surface area contributed by atoms with Crippen LogP contribution in [-0.2, 0) is 9.53 Å². The van der Waals surface area contributed by atoms with Gasteiger partial charge in [-0.25, -0.2) is 4.79 Å². The first-order valence-corrected chi connectivity index (χ1v) is 7.84. The van der Waals surface area contributed by atoms with E-state index in [0.29, 0.717) is 17.0 Å². The summed E-state index contributed by atoms with van der Waals surface area (Å²) in [7, 11) is 2.87. The molecule has 1 aromatic heterocycles. The summed E-state index contributed by atoms with van der Waals surface area (Å²) in [5, 5.41) is 3.56. The maximum atomic E-state index is 12.3. The number of rotatable bonds is 7. The van der Waals surface area contributed by atoms with Crippen LogP contribution in [0.5, 0.6) is 5.75 Å². The summed E-state index contributed by atoms with van der Waals surface area (Å²) in [5.74, 6) is -0.0648. The minimum atomic E-state index is -0.539. The van der Waals surface area contributed by atoms with E-state index in [9.17, 15) is 9.59 Å². The minimum absolute atomic E-state index is 0.180. The summed E-state index contributed by atoms with van der Waals surface area (Å²) in [6.45, 7) is 5.80. The first-order valence-electron chi connectivity index (χ1n) is 7.84. The molecule has 1 heterocycles. The molecule has 2 N–H and O–H groups in total. The van der Waals surface area contributed by atoms with Gasteiger partial charge in [-0.15, -0.1) is 0 Å². The van der Waals surface area contributed by atoms with E-state index in [1.165, 1.54) is 7.11 Å². The number of amides is 1. The van der Waals surface area contributed by atoms with Crippen molar-refractivity contribution in [2.45, 2.75) is 13.8 Å². The van der Waals surface area contributed by atoms with Gasteiger partial charge < -0.3 is 19.8 Å². The number of likely N-dealkylation sites (N-methyl/N-ethyl adjacent to an activating group) is 1. The molecule has 130 valence electrons. The Morgan fingerprint density at radius 3 is 2.50 bits per heavy atom. The van der Waals surface area contributed by atoms with Crippen molar-refractivity contribution in [3.8, 4) is 5.75 Å². The predicted octanol–water partition coefficient (Wildman–Crippen LogP) is 2.24. The minimum Gasteiger partial charge on any atom is -0.497 e. The van der Waals surface area contributed by atoms with Crippen LogP contribution < -0.4 is 10.1 Å². The third-order valence-corrected chi connectivity index (χ3v) is 3.92. The van der Waals surface area contributed by atoms with Gasteiger partial charge in [-0.2, -0.15) is 0 Å². The van der Waals surface area contributed by atoms with Gasteiger partial charge in [0, 0.05) is 11.5 Å². The number of anilines is 1. The van der Waals surface area contributed by atoms with Crippen molar-refractivity contribution in [3.63, 3.8) is 0 Å². The fourth-order valence-electron chi connectivity index (χ4n) is 2.52. The van der Waals surface area contributed by atoms with Crippen molar-refractivity contribution in [1.29, 1.82) is 0 Å². The lowest BCUT2D eigenvalue weighted by Gasteiger charge is -2.17. The summed E-state index contributed by atoms with van der Waals surface area (Å²) in [6, 6.07) is 5.34. The number of aromatic nitrogens is 1.